The van der Waals surface area contributed by atoms with Gasteiger partial charge in [0, 0.05) is 5.56 Å². The fraction of sp³-hybridized carbons (Fsp3) is 0.200. The maximum Gasteiger partial charge on any atom is 0.275 e. The lowest BCUT2D eigenvalue weighted by molar-refractivity contribution is 0.102. The fourth-order valence-electron chi connectivity index (χ4n) is 2.24. The number of amides is 1. The van der Waals surface area contributed by atoms with Gasteiger partial charge in [0.05, 0.1) is 5.69 Å². The van der Waals surface area contributed by atoms with Gasteiger partial charge in [-0.1, -0.05) is 29.2 Å². The Balaban J connectivity index is 1.84. The second-order valence-electron chi connectivity index (χ2n) is 5.18. The minimum absolute atomic E-state index is 0.160. The number of nitrogens with one attached hydrogen (secondary N) is 2. The van der Waals surface area contributed by atoms with Crippen molar-refractivity contribution in [2.24, 2.45) is 0 Å². The molecule has 0 aliphatic carbocycles. The minimum atomic E-state index is -0.360. The molecular weight excluding hydrogens is 346 g/mol. The monoisotopic (exact) mass is 361 g/mol. The summed E-state index contributed by atoms with van der Waals surface area (Å²) in [6.07, 6.45) is 1.89. The number of anilines is 1. The van der Waals surface area contributed by atoms with Crippen LogP contribution in [0.4, 0.5) is 5.13 Å². The van der Waals surface area contributed by atoms with E-state index in [1.807, 2.05) is 32.2 Å². The van der Waals surface area contributed by atoms with Gasteiger partial charge in [-0.2, -0.15) is 5.10 Å². The van der Waals surface area contributed by atoms with Crippen molar-refractivity contribution in [2.45, 2.75) is 18.2 Å². The summed E-state index contributed by atoms with van der Waals surface area (Å²) in [5.41, 5.74) is 3.14. The van der Waals surface area contributed by atoms with E-state index in [0.717, 1.165) is 15.5 Å². The second kappa shape index (κ2) is 6.62. The number of aromatic amines is 1. The molecule has 3 N–H and O–H groups in total. The maximum atomic E-state index is 12.3. The van der Waals surface area contributed by atoms with Crippen molar-refractivity contribution in [3.8, 4) is 17.0 Å². The summed E-state index contributed by atoms with van der Waals surface area (Å²) in [5, 5.41) is 28.0. The highest BCUT2D eigenvalue weighted by Crippen LogP contribution is 2.32. The number of aromatic nitrogens is 4. The molecule has 2 aromatic heterocycles. The number of phenols is 1. The number of thioether (sulfide) groups is 1. The summed E-state index contributed by atoms with van der Waals surface area (Å²) < 4.78 is 0.774. The molecule has 3 aromatic rings. The summed E-state index contributed by atoms with van der Waals surface area (Å²) >= 11 is 2.76. The van der Waals surface area contributed by atoms with E-state index in [0.29, 0.717) is 16.4 Å². The van der Waals surface area contributed by atoms with E-state index in [-0.39, 0.29) is 17.4 Å². The molecule has 3 rings (SSSR count). The van der Waals surface area contributed by atoms with Crippen molar-refractivity contribution in [2.75, 3.05) is 11.6 Å². The summed E-state index contributed by atoms with van der Waals surface area (Å²) in [6, 6.07) is 5.31. The van der Waals surface area contributed by atoms with Gasteiger partial charge in [0.25, 0.3) is 5.91 Å². The van der Waals surface area contributed by atoms with Gasteiger partial charge in [0.2, 0.25) is 5.13 Å². The minimum Gasteiger partial charge on any atom is -0.507 e. The molecule has 0 bridgehead atoms. The number of benzene rings is 1. The zero-order chi connectivity index (χ0) is 17.3. The number of H-pyrrole nitrogens is 1. The molecule has 24 heavy (non-hydrogen) atoms. The van der Waals surface area contributed by atoms with E-state index in [1.54, 1.807) is 6.07 Å². The van der Waals surface area contributed by atoms with Gasteiger partial charge in [-0.15, -0.1) is 10.2 Å². The smallest absolute Gasteiger partial charge is 0.275 e. The molecule has 2 heterocycles. The quantitative estimate of drug-likeness (QED) is 0.487. The molecule has 1 aromatic carbocycles. The molecule has 1 amide bonds. The van der Waals surface area contributed by atoms with Gasteiger partial charge in [-0.3, -0.25) is 15.2 Å². The Morgan fingerprint density at radius 3 is 2.79 bits per heavy atom. The topological polar surface area (TPSA) is 104 Å². The number of carbonyl (C=O) groups is 1. The molecule has 0 saturated heterocycles. The zero-order valence-electron chi connectivity index (χ0n) is 13.2. The van der Waals surface area contributed by atoms with Gasteiger partial charge in [0.1, 0.15) is 11.4 Å². The Morgan fingerprint density at radius 1 is 1.29 bits per heavy atom. The largest absolute Gasteiger partial charge is 0.507 e. The van der Waals surface area contributed by atoms with Gasteiger partial charge < -0.3 is 5.11 Å². The molecule has 0 atom stereocenters. The predicted octanol–water partition coefficient (Wildman–Crippen LogP) is 3.22. The molecule has 0 spiro atoms. The van der Waals surface area contributed by atoms with Crippen molar-refractivity contribution in [1.82, 2.24) is 20.4 Å². The Morgan fingerprint density at radius 2 is 2.08 bits per heavy atom. The number of aromatic hydroxyl groups is 1. The Labute approximate surface area is 146 Å². The van der Waals surface area contributed by atoms with E-state index < -0.39 is 0 Å². The van der Waals surface area contributed by atoms with Crippen LogP contribution in [0.1, 0.15) is 21.6 Å². The Hall–Kier alpha value is -2.39. The first-order chi connectivity index (χ1) is 11.5. The highest BCUT2D eigenvalue weighted by atomic mass is 32.2. The van der Waals surface area contributed by atoms with E-state index in [9.17, 15) is 9.90 Å². The molecule has 0 aliphatic rings. The van der Waals surface area contributed by atoms with Crippen LogP contribution >= 0.6 is 23.1 Å². The highest BCUT2D eigenvalue weighted by Gasteiger charge is 2.16. The first kappa shape index (κ1) is 16.5. The van der Waals surface area contributed by atoms with Crippen molar-refractivity contribution in [3.63, 3.8) is 0 Å². The molecule has 0 fully saturated rings. The molecular formula is C15H15N5O2S2. The maximum absolute atomic E-state index is 12.3. The van der Waals surface area contributed by atoms with Crippen molar-refractivity contribution in [1.29, 1.82) is 0 Å². The Kier molecular flexibility index (Phi) is 4.54. The molecule has 0 saturated carbocycles. The zero-order valence-corrected chi connectivity index (χ0v) is 14.9. The number of carbonyl (C=O) groups excluding carboxylic acids is 1. The van der Waals surface area contributed by atoms with Gasteiger partial charge in [0.15, 0.2) is 4.34 Å². The van der Waals surface area contributed by atoms with E-state index in [4.69, 9.17) is 0 Å². The third kappa shape index (κ3) is 3.26. The van der Waals surface area contributed by atoms with Crippen LogP contribution in [-0.4, -0.2) is 37.7 Å². The van der Waals surface area contributed by atoms with Crippen LogP contribution in [-0.2, 0) is 0 Å². The number of aryl methyl sites for hydroxylation is 2. The molecule has 9 heteroatoms. The molecule has 0 aliphatic heterocycles. The van der Waals surface area contributed by atoms with Crippen molar-refractivity contribution < 1.29 is 9.90 Å². The first-order valence-corrected chi connectivity index (χ1v) is 9.07. The SMILES string of the molecule is CSc1nnc(NC(=O)c2cc(-c3cc(C)cc(C)c3O)n[nH]2)s1. The van der Waals surface area contributed by atoms with Crippen LogP contribution in [0, 0.1) is 13.8 Å². The average Bonchev–Trinajstić information content (AvgIpc) is 3.19. The van der Waals surface area contributed by atoms with Crippen LogP contribution < -0.4 is 5.32 Å². The molecule has 7 nitrogen and oxygen atoms in total. The predicted molar refractivity (Wildman–Crippen MR) is 94.8 cm³/mol. The van der Waals surface area contributed by atoms with Gasteiger partial charge >= 0.3 is 0 Å². The number of hydrogen-bond acceptors (Lipinski definition) is 7. The Bertz CT molecular complexity index is 903. The second-order valence-corrected chi connectivity index (χ2v) is 7.21. The van der Waals surface area contributed by atoms with Crippen LogP contribution in [0.25, 0.3) is 11.3 Å². The third-order valence-electron chi connectivity index (χ3n) is 3.34. The lowest BCUT2D eigenvalue weighted by atomic mass is 10.0. The highest BCUT2D eigenvalue weighted by molar-refractivity contribution is 8.00. The van der Waals surface area contributed by atoms with Crippen molar-refractivity contribution >= 4 is 34.1 Å². The van der Waals surface area contributed by atoms with Gasteiger partial charge in [-0.25, -0.2) is 0 Å². The van der Waals surface area contributed by atoms with E-state index >= 15 is 0 Å². The lowest BCUT2D eigenvalue weighted by Gasteiger charge is -2.06. The molecule has 0 unspecified atom stereocenters. The van der Waals surface area contributed by atoms with Gasteiger partial charge in [-0.05, 0) is 43.4 Å². The van der Waals surface area contributed by atoms with E-state index in [2.05, 4.69) is 25.7 Å². The summed E-state index contributed by atoms with van der Waals surface area (Å²) in [5.74, 6) is -0.200. The standard InChI is InChI=1S/C15H15N5O2S2/c1-7-4-8(2)12(21)9(5-7)10-6-11(18-17-10)13(22)16-14-19-20-15(23-3)24-14/h4-6,21H,1-3H3,(H,17,18)(H,16,19,22). The lowest BCUT2D eigenvalue weighted by Crippen LogP contribution is -2.12. The molecule has 124 valence electrons. The van der Waals surface area contributed by atoms with Crippen LogP contribution in [0.2, 0.25) is 0 Å². The number of rotatable bonds is 4. The third-order valence-corrected chi connectivity index (χ3v) is 5.16. The van der Waals surface area contributed by atoms with Crippen LogP contribution in [0.15, 0.2) is 22.5 Å². The van der Waals surface area contributed by atoms with Crippen LogP contribution in [0.3, 0.4) is 0 Å². The summed E-state index contributed by atoms with van der Waals surface area (Å²) in [6.45, 7) is 3.76. The summed E-state index contributed by atoms with van der Waals surface area (Å²) in [7, 11) is 0. The first-order valence-electron chi connectivity index (χ1n) is 7.02. The number of phenolic OH excluding ortho intramolecular Hbond substituents is 1. The normalized spacial score (nSPS) is 10.8. The number of nitrogens with zero attached hydrogens (tertiary/aromatic N) is 3. The molecule has 0 radical (unpaired) electrons. The van der Waals surface area contributed by atoms with E-state index in [1.165, 1.54) is 23.1 Å². The fourth-order valence-corrected chi connectivity index (χ4v) is 3.40. The number of hydrogen-bond donors (Lipinski definition) is 3. The summed E-state index contributed by atoms with van der Waals surface area (Å²) in [4.78, 5) is 12.3. The average molecular weight is 361 g/mol. The van der Waals surface area contributed by atoms with Crippen LogP contribution in [0.5, 0.6) is 5.75 Å². The van der Waals surface area contributed by atoms with Crippen molar-refractivity contribution in [3.05, 3.63) is 35.0 Å².